The number of carbonyl (C=O) groups is 1. The predicted octanol–water partition coefficient (Wildman–Crippen LogP) is 2.54. The van der Waals surface area contributed by atoms with Gasteiger partial charge in [0.25, 0.3) is 0 Å². The van der Waals surface area contributed by atoms with Gasteiger partial charge >= 0.3 is 0 Å². The van der Waals surface area contributed by atoms with Crippen molar-refractivity contribution >= 4 is 22.2 Å². The molecule has 0 N–H and O–H groups in total. The van der Waals surface area contributed by atoms with Crippen LogP contribution in [-0.2, 0) is 6.54 Å². The number of aldehydes is 1. The SMILES string of the molecule is O=Cc1cn(CCOc2ccc(Br)cc2)cn1. The van der Waals surface area contributed by atoms with Crippen LogP contribution in [0.4, 0.5) is 0 Å². The van der Waals surface area contributed by atoms with E-state index in [9.17, 15) is 4.79 Å². The fourth-order valence-corrected chi connectivity index (χ4v) is 1.62. The zero-order valence-electron chi connectivity index (χ0n) is 9.04. The second-order valence-electron chi connectivity index (χ2n) is 3.46. The van der Waals surface area contributed by atoms with E-state index in [2.05, 4.69) is 20.9 Å². The maximum Gasteiger partial charge on any atom is 0.169 e. The Balaban J connectivity index is 1.83. The highest BCUT2D eigenvalue weighted by Gasteiger charge is 1.97. The van der Waals surface area contributed by atoms with Gasteiger partial charge in [0.15, 0.2) is 6.29 Å². The van der Waals surface area contributed by atoms with Crippen molar-refractivity contribution in [1.82, 2.24) is 9.55 Å². The monoisotopic (exact) mass is 294 g/mol. The van der Waals surface area contributed by atoms with Crippen LogP contribution in [0.5, 0.6) is 5.75 Å². The third-order valence-corrected chi connectivity index (χ3v) is 2.73. The molecule has 88 valence electrons. The first-order chi connectivity index (χ1) is 8.28. The van der Waals surface area contributed by atoms with E-state index in [1.54, 1.807) is 12.5 Å². The third-order valence-electron chi connectivity index (χ3n) is 2.21. The van der Waals surface area contributed by atoms with E-state index < -0.39 is 0 Å². The molecule has 0 spiro atoms. The Labute approximate surface area is 107 Å². The van der Waals surface area contributed by atoms with Crippen LogP contribution >= 0.6 is 15.9 Å². The number of imidazole rings is 1. The average molecular weight is 295 g/mol. The van der Waals surface area contributed by atoms with Crippen molar-refractivity contribution in [2.75, 3.05) is 6.61 Å². The van der Waals surface area contributed by atoms with Gasteiger partial charge < -0.3 is 9.30 Å². The summed E-state index contributed by atoms with van der Waals surface area (Å²) in [6.45, 7) is 1.20. The zero-order chi connectivity index (χ0) is 12.1. The number of benzene rings is 1. The zero-order valence-corrected chi connectivity index (χ0v) is 10.6. The Kier molecular flexibility index (Phi) is 3.93. The third kappa shape index (κ3) is 3.42. The molecule has 2 aromatic rings. The van der Waals surface area contributed by atoms with E-state index >= 15 is 0 Å². The van der Waals surface area contributed by atoms with Crippen molar-refractivity contribution in [1.29, 1.82) is 0 Å². The largest absolute Gasteiger partial charge is 0.492 e. The van der Waals surface area contributed by atoms with Crippen LogP contribution < -0.4 is 4.74 Å². The Morgan fingerprint density at radius 2 is 2.12 bits per heavy atom. The second kappa shape index (κ2) is 5.63. The lowest BCUT2D eigenvalue weighted by atomic mass is 10.3. The number of hydrogen-bond acceptors (Lipinski definition) is 3. The van der Waals surface area contributed by atoms with Gasteiger partial charge in [-0.25, -0.2) is 4.98 Å². The number of hydrogen-bond donors (Lipinski definition) is 0. The van der Waals surface area contributed by atoms with E-state index in [1.807, 2.05) is 28.8 Å². The molecule has 5 heteroatoms. The van der Waals surface area contributed by atoms with Gasteiger partial charge in [0.05, 0.1) is 12.9 Å². The van der Waals surface area contributed by atoms with Crippen LogP contribution in [0.3, 0.4) is 0 Å². The molecule has 1 aromatic heterocycles. The van der Waals surface area contributed by atoms with Crippen LogP contribution in [0.2, 0.25) is 0 Å². The number of nitrogens with zero attached hydrogens (tertiary/aromatic N) is 2. The summed E-state index contributed by atoms with van der Waals surface area (Å²) in [6.07, 6.45) is 4.04. The number of ether oxygens (including phenoxy) is 1. The molecule has 0 radical (unpaired) electrons. The fourth-order valence-electron chi connectivity index (χ4n) is 1.36. The molecule has 1 aromatic carbocycles. The predicted molar refractivity (Wildman–Crippen MR) is 67.3 cm³/mol. The van der Waals surface area contributed by atoms with Crippen LogP contribution in [0.25, 0.3) is 0 Å². The van der Waals surface area contributed by atoms with Crippen molar-refractivity contribution < 1.29 is 9.53 Å². The maximum atomic E-state index is 10.4. The first-order valence-corrected chi connectivity index (χ1v) is 5.92. The second-order valence-corrected chi connectivity index (χ2v) is 4.37. The summed E-state index contributed by atoms with van der Waals surface area (Å²) in [5, 5.41) is 0. The molecule has 0 unspecified atom stereocenters. The molecule has 0 fully saturated rings. The highest BCUT2D eigenvalue weighted by Crippen LogP contribution is 2.15. The van der Waals surface area contributed by atoms with Gasteiger partial charge in [0.2, 0.25) is 0 Å². The Morgan fingerprint density at radius 1 is 1.35 bits per heavy atom. The molecular formula is C12H11BrN2O2. The molecule has 17 heavy (non-hydrogen) atoms. The van der Waals surface area contributed by atoms with Crippen molar-refractivity contribution in [3.05, 3.63) is 47.0 Å². The van der Waals surface area contributed by atoms with Gasteiger partial charge in [-0.3, -0.25) is 4.79 Å². The number of aromatic nitrogens is 2. The molecule has 1 heterocycles. The average Bonchev–Trinajstić information content (AvgIpc) is 2.80. The molecule has 0 saturated heterocycles. The minimum atomic E-state index is 0.439. The van der Waals surface area contributed by atoms with Crippen LogP contribution in [-0.4, -0.2) is 22.4 Å². The van der Waals surface area contributed by atoms with Crippen LogP contribution in [0.15, 0.2) is 41.3 Å². The summed E-state index contributed by atoms with van der Waals surface area (Å²) in [7, 11) is 0. The minimum Gasteiger partial charge on any atom is -0.492 e. The minimum absolute atomic E-state index is 0.439. The lowest BCUT2D eigenvalue weighted by Gasteiger charge is -2.06. The topological polar surface area (TPSA) is 44.1 Å². The molecule has 2 rings (SSSR count). The van der Waals surface area contributed by atoms with Gasteiger partial charge in [-0.15, -0.1) is 0 Å². The Hall–Kier alpha value is -1.62. The Bertz CT molecular complexity index is 493. The summed E-state index contributed by atoms with van der Waals surface area (Å²) in [6, 6.07) is 7.65. The summed E-state index contributed by atoms with van der Waals surface area (Å²) < 4.78 is 8.40. The molecular weight excluding hydrogens is 284 g/mol. The first kappa shape index (κ1) is 11.9. The normalized spacial score (nSPS) is 10.2. The van der Waals surface area contributed by atoms with Gasteiger partial charge in [-0.2, -0.15) is 0 Å². The summed E-state index contributed by atoms with van der Waals surface area (Å²) in [5.41, 5.74) is 0.439. The number of rotatable bonds is 5. The van der Waals surface area contributed by atoms with Gasteiger partial charge in [0, 0.05) is 10.7 Å². The first-order valence-electron chi connectivity index (χ1n) is 5.13. The lowest BCUT2D eigenvalue weighted by molar-refractivity contribution is 0.111. The van der Waals surface area contributed by atoms with E-state index in [0.29, 0.717) is 18.8 Å². The summed E-state index contributed by atoms with van der Waals surface area (Å²) >= 11 is 3.36. The lowest BCUT2D eigenvalue weighted by Crippen LogP contribution is -2.06. The van der Waals surface area contributed by atoms with E-state index in [4.69, 9.17) is 4.74 Å². The quantitative estimate of drug-likeness (QED) is 0.796. The van der Waals surface area contributed by atoms with Crippen LogP contribution in [0.1, 0.15) is 10.5 Å². The number of carbonyl (C=O) groups excluding carboxylic acids is 1. The van der Waals surface area contributed by atoms with Gasteiger partial charge in [-0.05, 0) is 24.3 Å². The molecule has 0 aliphatic carbocycles. The molecule has 0 aliphatic heterocycles. The molecule has 0 bridgehead atoms. The van der Waals surface area contributed by atoms with Gasteiger partial charge in [-0.1, -0.05) is 15.9 Å². The van der Waals surface area contributed by atoms with Crippen molar-refractivity contribution in [2.24, 2.45) is 0 Å². The fraction of sp³-hybridized carbons (Fsp3) is 0.167. The molecule has 0 aliphatic rings. The van der Waals surface area contributed by atoms with Crippen LogP contribution in [0, 0.1) is 0 Å². The van der Waals surface area contributed by atoms with Crippen molar-refractivity contribution in [3.63, 3.8) is 0 Å². The van der Waals surface area contributed by atoms with Crippen molar-refractivity contribution in [2.45, 2.75) is 6.54 Å². The number of halogens is 1. The highest BCUT2D eigenvalue weighted by atomic mass is 79.9. The summed E-state index contributed by atoms with van der Waals surface area (Å²) in [5.74, 6) is 0.823. The van der Waals surface area contributed by atoms with Crippen molar-refractivity contribution in [3.8, 4) is 5.75 Å². The molecule has 0 saturated carbocycles. The van der Waals surface area contributed by atoms with E-state index in [-0.39, 0.29) is 0 Å². The van der Waals surface area contributed by atoms with E-state index in [0.717, 1.165) is 16.5 Å². The molecule has 0 amide bonds. The Morgan fingerprint density at radius 3 is 2.76 bits per heavy atom. The smallest absolute Gasteiger partial charge is 0.169 e. The maximum absolute atomic E-state index is 10.4. The van der Waals surface area contributed by atoms with E-state index in [1.165, 1.54) is 0 Å². The highest BCUT2D eigenvalue weighted by molar-refractivity contribution is 9.10. The summed E-state index contributed by atoms with van der Waals surface area (Å²) in [4.78, 5) is 14.3. The van der Waals surface area contributed by atoms with Gasteiger partial charge in [0.1, 0.15) is 18.1 Å². The molecule has 4 nitrogen and oxygen atoms in total. The molecule has 0 atom stereocenters. The standard InChI is InChI=1S/C12H11BrN2O2/c13-10-1-3-12(4-2-10)17-6-5-15-7-11(8-16)14-9-15/h1-4,7-9H,5-6H2.